The minimum absolute atomic E-state index is 0.0944. The Morgan fingerprint density at radius 3 is 2.58 bits per heavy atom. The number of nitrogens with zero attached hydrogens (tertiary/aromatic N) is 3. The molecule has 7 nitrogen and oxygen atoms in total. The highest BCUT2D eigenvalue weighted by Gasteiger charge is 2.31. The van der Waals surface area contributed by atoms with Crippen molar-refractivity contribution >= 4 is 44.4 Å². The number of rotatable bonds is 6. The summed E-state index contributed by atoms with van der Waals surface area (Å²) >= 11 is 3.56. The van der Waals surface area contributed by atoms with Crippen LogP contribution in [0.4, 0.5) is 24.8 Å². The number of methoxy groups -OCH3 is 1. The van der Waals surface area contributed by atoms with Gasteiger partial charge in [0.15, 0.2) is 0 Å². The van der Waals surface area contributed by atoms with Gasteiger partial charge in [0.25, 0.3) is 5.91 Å². The van der Waals surface area contributed by atoms with E-state index in [0.29, 0.717) is 44.4 Å². The van der Waals surface area contributed by atoms with Crippen LogP contribution in [0.15, 0.2) is 53.1 Å². The summed E-state index contributed by atoms with van der Waals surface area (Å²) < 4.78 is 47.3. The lowest BCUT2D eigenvalue weighted by Crippen LogP contribution is -2.19. The number of amides is 1. The Labute approximate surface area is 237 Å². The lowest BCUT2D eigenvalue weighted by Gasteiger charge is -2.18. The summed E-state index contributed by atoms with van der Waals surface area (Å²) in [5.41, 5.74) is 8.70. The fourth-order valence-electron chi connectivity index (χ4n) is 5.01. The molecule has 3 aromatic carbocycles. The Hall–Kier alpha value is -3.70. The van der Waals surface area contributed by atoms with Crippen LogP contribution < -0.4 is 15.8 Å². The predicted octanol–water partition coefficient (Wildman–Crippen LogP) is 6.83. The van der Waals surface area contributed by atoms with E-state index in [1.807, 2.05) is 13.0 Å². The number of fused-ring (bicyclic) bond motifs is 1. The molecule has 1 aromatic heterocycles. The van der Waals surface area contributed by atoms with E-state index in [-0.39, 0.29) is 17.2 Å². The fraction of sp³-hybridized carbons (Fsp3) is 0.276. The normalized spacial score (nSPS) is 14.1. The van der Waals surface area contributed by atoms with Gasteiger partial charge in [-0.25, -0.2) is 9.97 Å². The van der Waals surface area contributed by atoms with Crippen LogP contribution in [0.1, 0.15) is 39.9 Å². The van der Waals surface area contributed by atoms with Gasteiger partial charge in [-0.05, 0) is 102 Å². The molecule has 1 aliphatic rings. The number of likely N-dealkylation sites (tertiary alicyclic amines) is 1. The maximum atomic E-state index is 13.7. The van der Waals surface area contributed by atoms with Crippen LogP contribution in [0.3, 0.4) is 0 Å². The molecular formula is C29H27BrF3N5O2. The second kappa shape index (κ2) is 11.1. The topological polar surface area (TPSA) is 93.4 Å². The molecule has 0 atom stereocenters. The zero-order chi connectivity index (χ0) is 28.6. The van der Waals surface area contributed by atoms with Crippen molar-refractivity contribution in [3.63, 3.8) is 0 Å². The quantitative estimate of drug-likeness (QED) is 0.248. The summed E-state index contributed by atoms with van der Waals surface area (Å²) in [5, 5.41) is 3.39. The molecule has 1 aliphatic heterocycles. The Balaban J connectivity index is 1.50. The molecule has 4 aromatic rings. The number of ether oxygens (including phenoxy) is 1. The van der Waals surface area contributed by atoms with Crippen molar-refractivity contribution in [2.75, 3.05) is 31.2 Å². The number of anilines is 2. The van der Waals surface area contributed by atoms with Crippen molar-refractivity contribution < 1.29 is 22.7 Å². The number of aryl methyl sites for hydroxylation is 1. The van der Waals surface area contributed by atoms with E-state index in [0.717, 1.165) is 43.6 Å². The predicted molar refractivity (Wildman–Crippen MR) is 152 cm³/mol. The molecule has 0 radical (unpaired) electrons. The number of benzene rings is 3. The van der Waals surface area contributed by atoms with Crippen LogP contribution in [0.5, 0.6) is 5.75 Å². The minimum atomic E-state index is -4.54. The minimum Gasteiger partial charge on any atom is -0.495 e. The van der Waals surface area contributed by atoms with Gasteiger partial charge in [-0.15, -0.1) is 0 Å². The zero-order valence-corrected chi connectivity index (χ0v) is 23.5. The third-order valence-electron chi connectivity index (χ3n) is 6.96. The van der Waals surface area contributed by atoms with Gasteiger partial charge in [-0.2, -0.15) is 13.2 Å². The van der Waals surface area contributed by atoms with E-state index < -0.39 is 17.6 Å². The van der Waals surface area contributed by atoms with Crippen molar-refractivity contribution in [1.82, 2.24) is 14.9 Å². The number of hydrogen-bond acceptors (Lipinski definition) is 6. The Kier molecular flexibility index (Phi) is 7.70. The van der Waals surface area contributed by atoms with Crippen LogP contribution in [-0.2, 0) is 12.7 Å². The first-order chi connectivity index (χ1) is 19.0. The molecule has 0 bridgehead atoms. The highest BCUT2D eigenvalue weighted by atomic mass is 79.9. The van der Waals surface area contributed by atoms with Crippen molar-refractivity contribution in [2.45, 2.75) is 32.5 Å². The van der Waals surface area contributed by atoms with Crippen LogP contribution in [0, 0.1) is 6.92 Å². The van der Waals surface area contributed by atoms with E-state index in [1.165, 1.54) is 7.11 Å². The van der Waals surface area contributed by atoms with Crippen LogP contribution in [-0.4, -0.2) is 41.0 Å². The number of nitrogens with one attached hydrogen (secondary N) is 1. The standard InChI is InChI=1S/C29H27BrF3N5O2/c1-16-5-6-18(11-22(16)23-12-19-14-35-28(34)37-25(19)24(30)26(23)40-2)27(39)36-21-10-17(15-38-7-3-4-8-38)9-20(13-21)29(31,32)33/h5-6,9-14H,3-4,7-8,15H2,1-2H3,(H,36,39)(H2,34,35,37). The molecule has 40 heavy (non-hydrogen) atoms. The molecule has 3 N–H and O–H groups in total. The number of hydrogen-bond donors (Lipinski definition) is 2. The average molecular weight is 614 g/mol. The van der Waals surface area contributed by atoms with E-state index in [4.69, 9.17) is 10.5 Å². The van der Waals surface area contributed by atoms with Crippen LogP contribution in [0.2, 0.25) is 0 Å². The molecule has 0 unspecified atom stereocenters. The largest absolute Gasteiger partial charge is 0.495 e. The third kappa shape index (κ3) is 5.75. The zero-order valence-electron chi connectivity index (χ0n) is 21.9. The van der Waals surface area contributed by atoms with Gasteiger partial charge in [-0.1, -0.05) is 6.07 Å². The van der Waals surface area contributed by atoms with Gasteiger partial charge in [0, 0.05) is 34.9 Å². The smallest absolute Gasteiger partial charge is 0.416 e. The fourth-order valence-corrected chi connectivity index (χ4v) is 5.70. The summed E-state index contributed by atoms with van der Waals surface area (Å²) in [6.07, 6.45) is -0.882. The summed E-state index contributed by atoms with van der Waals surface area (Å²) in [4.78, 5) is 23.8. The molecule has 1 fully saturated rings. The maximum Gasteiger partial charge on any atom is 0.416 e. The lowest BCUT2D eigenvalue weighted by atomic mass is 9.96. The SMILES string of the molecule is COc1c(-c2cc(C(=O)Nc3cc(CN4CCCC4)cc(C(F)(F)F)c3)ccc2C)cc2cnc(N)nc2c1Br. The average Bonchev–Trinajstić information content (AvgIpc) is 3.41. The molecule has 1 saturated heterocycles. The first-order valence-electron chi connectivity index (χ1n) is 12.7. The van der Waals surface area contributed by atoms with E-state index in [1.54, 1.807) is 30.5 Å². The number of carbonyl (C=O) groups excluding carboxylic acids is 1. The van der Waals surface area contributed by atoms with E-state index >= 15 is 0 Å². The first kappa shape index (κ1) is 27.9. The third-order valence-corrected chi connectivity index (χ3v) is 7.70. The molecule has 2 heterocycles. The van der Waals surface area contributed by atoms with E-state index in [2.05, 4.69) is 36.1 Å². The summed E-state index contributed by atoms with van der Waals surface area (Å²) in [5.74, 6) is 0.0920. The number of nitrogens with two attached hydrogens (primary N) is 1. The van der Waals surface area contributed by atoms with Crippen molar-refractivity contribution in [3.8, 4) is 16.9 Å². The number of carbonyl (C=O) groups is 1. The summed E-state index contributed by atoms with van der Waals surface area (Å²) in [7, 11) is 1.53. The monoisotopic (exact) mass is 613 g/mol. The molecule has 0 spiro atoms. The van der Waals surface area contributed by atoms with Crippen molar-refractivity contribution in [1.29, 1.82) is 0 Å². The van der Waals surface area contributed by atoms with Gasteiger partial charge in [0.1, 0.15) is 5.75 Å². The van der Waals surface area contributed by atoms with E-state index in [9.17, 15) is 18.0 Å². The van der Waals surface area contributed by atoms with Gasteiger partial charge in [0.05, 0.1) is 22.7 Å². The maximum absolute atomic E-state index is 13.7. The lowest BCUT2D eigenvalue weighted by molar-refractivity contribution is -0.137. The molecule has 208 valence electrons. The molecule has 11 heteroatoms. The Bertz CT molecular complexity index is 1600. The van der Waals surface area contributed by atoms with Gasteiger partial charge in [-0.3, -0.25) is 9.69 Å². The highest BCUT2D eigenvalue weighted by Crippen LogP contribution is 2.42. The number of nitrogen functional groups attached to an aromatic ring is 1. The molecule has 0 saturated carbocycles. The molecule has 5 rings (SSSR count). The van der Waals surface area contributed by atoms with Gasteiger partial charge in [0.2, 0.25) is 5.95 Å². The van der Waals surface area contributed by atoms with Crippen LogP contribution >= 0.6 is 15.9 Å². The molecule has 1 amide bonds. The van der Waals surface area contributed by atoms with Gasteiger partial charge >= 0.3 is 6.18 Å². The number of halogens is 4. The first-order valence-corrected chi connectivity index (χ1v) is 13.5. The summed E-state index contributed by atoms with van der Waals surface area (Å²) in [6.45, 7) is 3.98. The molecular weight excluding hydrogens is 587 g/mol. The second-order valence-electron chi connectivity index (χ2n) is 9.82. The van der Waals surface area contributed by atoms with Gasteiger partial charge < -0.3 is 15.8 Å². The highest BCUT2D eigenvalue weighted by molar-refractivity contribution is 9.10. The van der Waals surface area contributed by atoms with Crippen molar-refractivity contribution in [3.05, 3.63) is 75.4 Å². The van der Waals surface area contributed by atoms with Crippen molar-refractivity contribution in [2.24, 2.45) is 0 Å². The second-order valence-corrected chi connectivity index (χ2v) is 10.6. The Morgan fingerprint density at radius 1 is 1.12 bits per heavy atom. The summed E-state index contributed by atoms with van der Waals surface area (Å²) in [6, 6.07) is 10.7. The molecule has 0 aliphatic carbocycles. The Morgan fingerprint density at radius 2 is 1.88 bits per heavy atom. The number of aromatic nitrogens is 2. The van der Waals surface area contributed by atoms with Crippen LogP contribution in [0.25, 0.3) is 22.0 Å². The number of alkyl halides is 3.